The number of hydrogen-bond acceptors (Lipinski definition) is 5. The lowest BCUT2D eigenvalue weighted by molar-refractivity contribution is 0.0242. The van der Waals surface area contributed by atoms with Gasteiger partial charge < -0.3 is 15.4 Å². The third-order valence-corrected chi connectivity index (χ3v) is 4.53. The maximum atomic E-state index is 14.5. The van der Waals surface area contributed by atoms with E-state index < -0.39 is 17.4 Å². The van der Waals surface area contributed by atoms with Crippen LogP contribution in [0.5, 0.6) is 0 Å². The molecule has 3 aromatic rings. The molecule has 1 heterocycles. The van der Waals surface area contributed by atoms with Gasteiger partial charge >= 0.3 is 6.05 Å². The number of alkyl halides is 2. The van der Waals surface area contributed by atoms with Crippen LogP contribution in [0.1, 0.15) is 30.5 Å². The van der Waals surface area contributed by atoms with E-state index in [2.05, 4.69) is 15.3 Å². The summed E-state index contributed by atoms with van der Waals surface area (Å²) in [6.07, 6.45) is 1.32. The van der Waals surface area contributed by atoms with E-state index in [0.717, 1.165) is 23.3 Å². The van der Waals surface area contributed by atoms with E-state index in [-0.39, 0.29) is 22.9 Å². The van der Waals surface area contributed by atoms with Crippen LogP contribution in [-0.4, -0.2) is 16.1 Å². The number of rotatable bonds is 9. The Morgan fingerprint density at radius 2 is 1.84 bits per heavy atom. The van der Waals surface area contributed by atoms with Gasteiger partial charge in [0.25, 0.3) is 0 Å². The van der Waals surface area contributed by atoms with Crippen molar-refractivity contribution in [3.63, 3.8) is 0 Å². The number of nitrogens with one attached hydrogen (secondary N) is 2. The van der Waals surface area contributed by atoms with Crippen molar-refractivity contribution in [2.45, 2.75) is 39.1 Å². The number of anilines is 2. The summed E-state index contributed by atoms with van der Waals surface area (Å²) >= 11 is 5.97. The Labute approximate surface area is 183 Å². The Morgan fingerprint density at radius 1 is 1.10 bits per heavy atom. The van der Waals surface area contributed by atoms with Gasteiger partial charge in [0.15, 0.2) is 5.82 Å². The number of halogens is 4. The SMILES string of the molecule is CC(C)OCc1cccc(CNc2ncc(Cl)c(NC(F)(F)c3ccccc3F)n2)c1. The molecule has 31 heavy (non-hydrogen) atoms. The molecule has 3 rings (SSSR count). The fourth-order valence-corrected chi connectivity index (χ4v) is 2.88. The molecule has 5 nitrogen and oxygen atoms in total. The van der Waals surface area contributed by atoms with Crippen LogP contribution < -0.4 is 10.6 Å². The average molecular weight is 451 g/mol. The van der Waals surface area contributed by atoms with Crippen molar-refractivity contribution in [2.75, 3.05) is 10.6 Å². The summed E-state index contributed by atoms with van der Waals surface area (Å²) in [7, 11) is 0. The van der Waals surface area contributed by atoms with E-state index in [1.165, 1.54) is 18.3 Å². The third-order valence-electron chi connectivity index (χ3n) is 4.26. The first-order chi connectivity index (χ1) is 14.7. The number of ether oxygens (including phenoxy) is 1. The van der Waals surface area contributed by atoms with Crippen molar-refractivity contribution in [1.82, 2.24) is 9.97 Å². The first-order valence-electron chi connectivity index (χ1n) is 9.61. The lowest BCUT2D eigenvalue weighted by Gasteiger charge is -2.20. The highest BCUT2D eigenvalue weighted by Gasteiger charge is 2.35. The van der Waals surface area contributed by atoms with Crippen LogP contribution >= 0.6 is 11.6 Å². The zero-order chi connectivity index (χ0) is 22.4. The molecule has 0 spiro atoms. The second-order valence-corrected chi connectivity index (χ2v) is 7.51. The Morgan fingerprint density at radius 3 is 2.58 bits per heavy atom. The highest BCUT2D eigenvalue weighted by atomic mass is 35.5. The zero-order valence-corrected chi connectivity index (χ0v) is 17.8. The molecule has 0 saturated heterocycles. The van der Waals surface area contributed by atoms with Gasteiger partial charge in [-0.1, -0.05) is 48.0 Å². The predicted octanol–water partition coefficient (Wildman–Crippen LogP) is 5.97. The molecule has 164 valence electrons. The van der Waals surface area contributed by atoms with Gasteiger partial charge in [-0.05, 0) is 37.1 Å². The standard InChI is InChI=1S/C22H22ClF3N4O/c1-14(2)31-13-16-7-5-6-15(10-16)11-27-21-28-12-18(23)20(29-21)30-22(25,26)17-8-3-4-9-19(17)24/h3-10,12,14H,11,13H2,1-2H3,(H2,27,28,29,30). The molecule has 2 N–H and O–H groups in total. The lowest BCUT2D eigenvalue weighted by atomic mass is 10.1. The fourth-order valence-electron chi connectivity index (χ4n) is 2.75. The molecule has 0 fully saturated rings. The monoisotopic (exact) mass is 450 g/mol. The maximum absolute atomic E-state index is 14.5. The molecule has 0 amide bonds. The molecule has 0 aliphatic heterocycles. The van der Waals surface area contributed by atoms with Gasteiger partial charge in [0, 0.05) is 6.54 Å². The van der Waals surface area contributed by atoms with Crippen LogP contribution in [0.4, 0.5) is 24.9 Å². The van der Waals surface area contributed by atoms with Crippen molar-refractivity contribution < 1.29 is 17.9 Å². The van der Waals surface area contributed by atoms with Crippen LogP contribution in [0.3, 0.4) is 0 Å². The molecule has 0 atom stereocenters. The van der Waals surface area contributed by atoms with Gasteiger partial charge in [-0.25, -0.2) is 9.37 Å². The van der Waals surface area contributed by atoms with E-state index in [4.69, 9.17) is 16.3 Å². The average Bonchev–Trinajstić information content (AvgIpc) is 2.73. The van der Waals surface area contributed by atoms with Gasteiger partial charge in [-0.15, -0.1) is 0 Å². The summed E-state index contributed by atoms with van der Waals surface area (Å²) in [6, 6.07) is 8.63. The minimum absolute atomic E-state index is 0.0973. The van der Waals surface area contributed by atoms with Crippen LogP contribution in [-0.2, 0) is 23.9 Å². The van der Waals surface area contributed by atoms with Crippen LogP contribution in [0.25, 0.3) is 0 Å². The maximum Gasteiger partial charge on any atom is 0.354 e. The quantitative estimate of drug-likeness (QED) is 0.393. The van der Waals surface area contributed by atoms with Crippen molar-refractivity contribution in [2.24, 2.45) is 0 Å². The van der Waals surface area contributed by atoms with Gasteiger partial charge in [-0.2, -0.15) is 13.8 Å². The second-order valence-electron chi connectivity index (χ2n) is 7.10. The Hall–Kier alpha value is -2.84. The summed E-state index contributed by atoms with van der Waals surface area (Å²) < 4.78 is 48.5. The molecule has 0 aliphatic carbocycles. The molecule has 0 bridgehead atoms. The normalized spacial score (nSPS) is 11.6. The van der Waals surface area contributed by atoms with E-state index in [1.54, 1.807) is 0 Å². The largest absolute Gasteiger partial charge is 0.374 e. The molecule has 0 saturated carbocycles. The Balaban J connectivity index is 1.70. The molecule has 9 heteroatoms. The topological polar surface area (TPSA) is 59.1 Å². The zero-order valence-electron chi connectivity index (χ0n) is 17.0. The molecule has 2 aromatic carbocycles. The molecular weight excluding hydrogens is 429 g/mol. The molecule has 0 radical (unpaired) electrons. The van der Waals surface area contributed by atoms with Crippen molar-refractivity contribution in [1.29, 1.82) is 0 Å². The van der Waals surface area contributed by atoms with Crippen molar-refractivity contribution >= 4 is 23.4 Å². The summed E-state index contributed by atoms with van der Waals surface area (Å²) in [4.78, 5) is 8.04. The second kappa shape index (κ2) is 9.98. The number of benzene rings is 2. The summed E-state index contributed by atoms with van der Waals surface area (Å²) in [5.74, 6) is -1.25. The minimum Gasteiger partial charge on any atom is -0.374 e. The van der Waals surface area contributed by atoms with E-state index in [1.807, 2.05) is 43.4 Å². The number of hydrogen-bond donors (Lipinski definition) is 2. The molecular formula is C22H22ClF3N4O. The van der Waals surface area contributed by atoms with Crippen LogP contribution in [0.2, 0.25) is 5.02 Å². The van der Waals surface area contributed by atoms with Gasteiger partial charge in [0.2, 0.25) is 5.95 Å². The fraction of sp³-hybridized carbons (Fsp3) is 0.273. The van der Waals surface area contributed by atoms with Gasteiger partial charge in [0.05, 0.1) is 24.5 Å². The Bertz CT molecular complexity index is 1030. The molecule has 1 aromatic heterocycles. The first-order valence-corrected chi connectivity index (χ1v) is 9.99. The summed E-state index contributed by atoms with van der Waals surface area (Å²) in [5.41, 5.74) is 1.14. The molecule has 0 aliphatic rings. The predicted molar refractivity (Wildman–Crippen MR) is 115 cm³/mol. The van der Waals surface area contributed by atoms with E-state index in [9.17, 15) is 13.2 Å². The first kappa shape index (κ1) is 22.8. The van der Waals surface area contributed by atoms with E-state index in [0.29, 0.717) is 13.2 Å². The highest BCUT2D eigenvalue weighted by Crippen LogP contribution is 2.33. The summed E-state index contributed by atoms with van der Waals surface area (Å²) in [6.45, 7) is 4.78. The number of nitrogens with zero attached hydrogens (tertiary/aromatic N) is 2. The third kappa shape index (κ3) is 6.32. The summed E-state index contributed by atoms with van der Waals surface area (Å²) in [5, 5.41) is 4.77. The number of aromatic nitrogens is 2. The smallest absolute Gasteiger partial charge is 0.354 e. The van der Waals surface area contributed by atoms with Crippen molar-refractivity contribution in [3.8, 4) is 0 Å². The Kier molecular flexibility index (Phi) is 7.35. The lowest BCUT2D eigenvalue weighted by Crippen LogP contribution is -2.27. The van der Waals surface area contributed by atoms with Gasteiger partial charge in [0.1, 0.15) is 10.8 Å². The van der Waals surface area contributed by atoms with E-state index >= 15 is 0 Å². The minimum atomic E-state index is -3.72. The van der Waals surface area contributed by atoms with Crippen LogP contribution in [0, 0.1) is 5.82 Å². The van der Waals surface area contributed by atoms with Crippen LogP contribution in [0.15, 0.2) is 54.7 Å². The van der Waals surface area contributed by atoms with Crippen molar-refractivity contribution in [3.05, 3.63) is 82.3 Å². The molecule has 0 unspecified atom stereocenters. The van der Waals surface area contributed by atoms with Gasteiger partial charge in [-0.3, -0.25) is 0 Å². The highest BCUT2D eigenvalue weighted by molar-refractivity contribution is 6.32.